The average Bonchev–Trinajstić information content (AvgIpc) is 2.32. The maximum Gasteiger partial charge on any atom is 0.224 e. The number of hydrogen-bond donors (Lipinski definition) is 1. The molecule has 16 heavy (non-hydrogen) atoms. The summed E-state index contributed by atoms with van der Waals surface area (Å²) in [5.41, 5.74) is 0. The van der Waals surface area contributed by atoms with E-state index in [0.717, 1.165) is 0 Å². The standard InChI is InChI=1S/C11H10FN3O/c1-13-10-6-11(15-7-14-10)16-9-5-3-2-4-8(9)12/h2-7H,1H3,(H,13,14,15). The molecule has 4 nitrogen and oxygen atoms in total. The zero-order chi connectivity index (χ0) is 11.4. The van der Waals surface area contributed by atoms with Gasteiger partial charge in [-0.05, 0) is 12.1 Å². The monoisotopic (exact) mass is 219 g/mol. The summed E-state index contributed by atoms with van der Waals surface area (Å²) in [7, 11) is 1.73. The first-order chi connectivity index (χ1) is 7.79. The second-order valence-electron chi connectivity index (χ2n) is 3.02. The van der Waals surface area contributed by atoms with Crippen molar-refractivity contribution in [2.24, 2.45) is 0 Å². The van der Waals surface area contributed by atoms with Gasteiger partial charge in [0.1, 0.15) is 12.1 Å². The SMILES string of the molecule is CNc1cc(Oc2ccccc2F)ncn1. The molecule has 2 aromatic rings. The number of para-hydroxylation sites is 1. The molecule has 0 aliphatic carbocycles. The van der Waals surface area contributed by atoms with Crippen LogP contribution in [-0.2, 0) is 0 Å². The number of nitrogens with zero attached hydrogens (tertiary/aromatic N) is 2. The van der Waals surface area contributed by atoms with E-state index in [4.69, 9.17) is 4.74 Å². The van der Waals surface area contributed by atoms with Crippen LogP contribution in [0.3, 0.4) is 0 Å². The van der Waals surface area contributed by atoms with Gasteiger partial charge >= 0.3 is 0 Å². The van der Waals surface area contributed by atoms with Crippen LogP contribution >= 0.6 is 0 Å². The topological polar surface area (TPSA) is 47.0 Å². The largest absolute Gasteiger partial charge is 0.436 e. The molecular weight excluding hydrogens is 209 g/mol. The number of anilines is 1. The Hall–Kier alpha value is -2.17. The minimum absolute atomic E-state index is 0.142. The second-order valence-corrected chi connectivity index (χ2v) is 3.02. The molecule has 0 saturated heterocycles. The summed E-state index contributed by atoms with van der Waals surface area (Å²) in [6, 6.07) is 7.75. The van der Waals surface area contributed by atoms with Gasteiger partial charge in [-0.25, -0.2) is 14.4 Å². The van der Waals surface area contributed by atoms with Gasteiger partial charge in [-0.1, -0.05) is 12.1 Å². The summed E-state index contributed by atoms with van der Waals surface area (Å²) >= 11 is 0. The molecule has 1 N–H and O–H groups in total. The number of hydrogen-bond acceptors (Lipinski definition) is 4. The van der Waals surface area contributed by atoms with Gasteiger partial charge < -0.3 is 10.1 Å². The van der Waals surface area contributed by atoms with Crippen LogP contribution in [0.15, 0.2) is 36.7 Å². The number of aromatic nitrogens is 2. The fourth-order valence-corrected chi connectivity index (χ4v) is 1.17. The average molecular weight is 219 g/mol. The van der Waals surface area contributed by atoms with Gasteiger partial charge in [0.05, 0.1) is 0 Å². The van der Waals surface area contributed by atoms with E-state index in [-0.39, 0.29) is 5.75 Å². The molecule has 0 atom stereocenters. The summed E-state index contributed by atoms with van der Waals surface area (Å²) in [5, 5.41) is 2.84. The summed E-state index contributed by atoms with van der Waals surface area (Å²) in [4.78, 5) is 7.81. The molecule has 0 aliphatic rings. The summed E-state index contributed by atoms with van der Waals surface area (Å²) in [6.45, 7) is 0. The van der Waals surface area contributed by atoms with E-state index in [9.17, 15) is 4.39 Å². The van der Waals surface area contributed by atoms with Gasteiger partial charge in [-0.15, -0.1) is 0 Å². The highest BCUT2D eigenvalue weighted by atomic mass is 19.1. The molecule has 82 valence electrons. The van der Waals surface area contributed by atoms with Crippen LogP contribution in [0.2, 0.25) is 0 Å². The third kappa shape index (κ3) is 2.25. The first-order valence-corrected chi connectivity index (χ1v) is 4.72. The molecule has 0 aliphatic heterocycles. The van der Waals surface area contributed by atoms with E-state index in [1.54, 1.807) is 25.2 Å². The minimum atomic E-state index is -0.424. The number of rotatable bonds is 3. The Bertz CT molecular complexity index is 490. The zero-order valence-corrected chi connectivity index (χ0v) is 8.64. The lowest BCUT2D eigenvalue weighted by atomic mass is 10.3. The number of benzene rings is 1. The maximum absolute atomic E-state index is 13.3. The number of nitrogens with one attached hydrogen (secondary N) is 1. The third-order valence-electron chi connectivity index (χ3n) is 1.95. The van der Waals surface area contributed by atoms with Crippen LogP contribution in [0.1, 0.15) is 0 Å². The number of ether oxygens (including phenoxy) is 1. The molecule has 0 bridgehead atoms. The van der Waals surface area contributed by atoms with Crippen molar-refractivity contribution in [2.45, 2.75) is 0 Å². The van der Waals surface area contributed by atoms with Crippen LogP contribution < -0.4 is 10.1 Å². The molecule has 0 unspecified atom stereocenters. The summed E-state index contributed by atoms with van der Waals surface area (Å²) in [5.74, 6) is 0.626. The van der Waals surface area contributed by atoms with E-state index in [2.05, 4.69) is 15.3 Å². The van der Waals surface area contributed by atoms with Crippen molar-refractivity contribution in [3.8, 4) is 11.6 Å². The Labute approximate surface area is 92.1 Å². The molecule has 0 spiro atoms. The molecule has 1 aromatic carbocycles. The lowest BCUT2D eigenvalue weighted by molar-refractivity contribution is 0.427. The van der Waals surface area contributed by atoms with Crippen molar-refractivity contribution in [3.63, 3.8) is 0 Å². The first kappa shape index (κ1) is 10.4. The van der Waals surface area contributed by atoms with Crippen molar-refractivity contribution in [1.82, 2.24) is 9.97 Å². The molecular formula is C11H10FN3O. The highest BCUT2D eigenvalue weighted by Gasteiger charge is 2.04. The smallest absolute Gasteiger partial charge is 0.224 e. The van der Waals surface area contributed by atoms with E-state index in [0.29, 0.717) is 11.7 Å². The Balaban J connectivity index is 2.24. The van der Waals surface area contributed by atoms with Crippen LogP contribution in [0.5, 0.6) is 11.6 Å². The van der Waals surface area contributed by atoms with Gasteiger partial charge in [0, 0.05) is 13.1 Å². The molecule has 1 aromatic heterocycles. The van der Waals surface area contributed by atoms with Gasteiger partial charge in [0.15, 0.2) is 11.6 Å². The highest BCUT2D eigenvalue weighted by Crippen LogP contribution is 2.22. The Morgan fingerprint density at radius 1 is 1.25 bits per heavy atom. The van der Waals surface area contributed by atoms with Crippen LogP contribution in [0.4, 0.5) is 10.2 Å². The van der Waals surface area contributed by atoms with Gasteiger partial charge in [-0.3, -0.25) is 0 Å². The van der Waals surface area contributed by atoms with Crippen LogP contribution in [0.25, 0.3) is 0 Å². The summed E-state index contributed by atoms with van der Waals surface area (Å²) < 4.78 is 18.6. The predicted molar refractivity (Wildman–Crippen MR) is 58.1 cm³/mol. The van der Waals surface area contributed by atoms with E-state index in [1.807, 2.05) is 0 Å². The molecule has 0 amide bonds. The first-order valence-electron chi connectivity index (χ1n) is 4.72. The lowest BCUT2D eigenvalue weighted by Gasteiger charge is -2.06. The normalized spacial score (nSPS) is 9.88. The number of halogens is 1. The van der Waals surface area contributed by atoms with Crippen molar-refractivity contribution in [3.05, 3.63) is 42.5 Å². The predicted octanol–water partition coefficient (Wildman–Crippen LogP) is 2.45. The molecule has 5 heteroatoms. The Morgan fingerprint density at radius 2 is 2.06 bits per heavy atom. The molecule has 0 fully saturated rings. The fraction of sp³-hybridized carbons (Fsp3) is 0.0909. The molecule has 0 radical (unpaired) electrons. The van der Waals surface area contributed by atoms with E-state index in [1.165, 1.54) is 18.5 Å². The Morgan fingerprint density at radius 3 is 2.81 bits per heavy atom. The fourth-order valence-electron chi connectivity index (χ4n) is 1.17. The van der Waals surface area contributed by atoms with Gasteiger partial charge in [0.2, 0.25) is 5.88 Å². The van der Waals surface area contributed by atoms with Crippen LogP contribution in [-0.4, -0.2) is 17.0 Å². The second kappa shape index (κ2) is 4.57. The van der Waals surface area contributed by atoms with Crippen molar-refractivity contribution in [2.75, 3.05) is 12.4 Å². The Kier molecular flexibility index (Phi) is 2.95. The van der Waals surface area contributed by atoms with Gasteiger partial charge in [0.25, 0.3) is 0 Å². The van der Waals surface area contributed by atoms with Gasteiger partial charge in [-0.2, -0.15) is 0 Å². The third-order valence-corrected chi connectivity index (χ3v) is 1.95. The minimum Gasteiger partial charge on any atom is -0.436 e. The lowest BCUT2D eigenvalue weighted by Crippen LogP contribution is -1.95. The quantitative estimate of drug-likeness (QED) is 0.861. The summed E-state index contributed by atoms with van der Waals surface area (Å²) in [6.07, 6.45) is 1.35. The van der Waals surface area contributed by atoms with E-state index >= 15 is 0 Å². The highest BCUT2D eigenvalue weighted by molar-refractivity contribution is 5.38. The van der Waals surface area contributed by atoms with Crippen molar-refractivity contribution < 1.29 is 9.13 Å². The van der Waals surface area contributed by atoms with Crippen molar-refractivity contribution in [1.29, 1.82) is 0 Å². The molecule has 1 heterocycles. The zero-order valence-electron chi connectivity index (χ0n) is 8.64. The molecule has 0 saturated carbocycles. The molecule has 2 rings (SSSR count). The van der Waals surface area contributed by atoms with Crippen LogP contribution in [0, 0.1) is 5.82 Å². The maximum atomic E-state index is 13.3. The van der Waals surface area contributed by atoms with E-state index < -0.39 is 5.82 Å². The van der Waals surface area contributed by atoms with Crippen molar-refractivity contribution >= 4 is 5.82 Å².